The number of pyridine rings is 2. The SMILES string of the molecule is CNC(=O)c1ncn2cc(-c3c(Cl)ccc(NS(=O)(=O)c4cc(Cl)cnc4OC)c3F)ccc12. The Labute approximate surface area is 203 Å². The number of hydrogen-bond acceptors (Lipinski definition) is 6. The number of nitrogens with zero attached hydrogens (tertiary/aromatic N) is 3. The van der Waals surface area contributed by atoms with Gasteiger partial charge in [0.2, 0.25) is 5.88 Å². The third-order valence-electron chi connectivity index (χ3n) is 4.86. The standard InChI is InChI=1S/C21H16Cl2FN5O4S/c1-25-20(30)19-15-6-3-11(9-29(15)10-27-19)17-13(23)4-5-14(18(17)24)28-34(31,32)16-7-12(22)8-26-21(16)33-2/h3-10,28H,1-2H3,(H,25,30). The number of fused-ring (bicyclic) bond motifs is 1. The van der Waals surface area contributed by atoms with Crippen LogP contribution in [0.4, 0.5) is 10.1 Å². The molecule has 13 heteroatoms. The molecule has 0 fully saturated rings. The van der Waals surface area contributed by atoms with Crippen LogP contribution in [-0.2, 0) is 10.0 Å². The van der Waals surface area contributed by atoms with E-state index in [9.17, 15) is 13.2 Å². The predicted octanol–water partition coefficient (Wildman–Crippen LogP) is 4.01. The van der Waals surface area contributed by atoms with Crippen LogP contribution in [0.25, 0.3) is 16.6 Å². The van der Waals surface area contributed by atoms with Crippen LogP contribution in [-0.4, -0.2) is 42.9 Å². The number of sulfonamides is 1. The third kappa shape index (κ3) is 4.25. The number of nitrogens with one attached hydrogen (secondary N) is 2. The van der Waals surface area contributed by atoms with Crippen LogP contribution in [0.15, 0.2) is 53.9 Å². The fourth-order valence-corrected chi connectivity index (χ4v) is 4.97. The van der Waals surface area contributed by atoms with Gasteiger partial charge in [-0.25, -0.2) is 22.8 Å². The van der Waals surface area contributed by atoms with Crippen molar-refractivity contribution < 1.29 is 22.3 Å². The van der Waals surface area contributed by atoms with E-state index in [4.69, 9.17) is 27.9 Å². The number of aromatic nitrogens is 3. The summed E-state index contributed by atoms with van der Waals surface area (Å²) in [4.78, 5) is 19.5. The Morgan fingerprint density at radius 2 is 1.94 bits per heavy atom. The van der Waals surface area contributed by atoms with Gasteiger partial charge in [-0.15, -0.1) is 0 Å². The molecule has 0 spiro atoms. The van der Waals surface area contributed by atoms with Gasteiger partial charge in [0.1, 0.15) is 6.33 Å². The van der Waals surface area contributed by atoms with Gasteiger partial charge in [0.05, 0.1) is 28.4 Å². The van der Waals surface area contributed by atoms with Crippen molar-refractivity contribution in [2.24, 2.45) is 0 Å². The molecule has 0 aliphatic heterocycles. The summed E-state index contributed by atoms with van der Waals surface area (Å²) in [6.07, 6.45) is 4.16. The first-order chi connectivity index (χ1) is 16.2. The maximum Gasteiger partial charge on any atom is 0.271 e. The van der Waals surface area contributed by atoms with Crippen molar-refractivity contribution >= 4 is 50.3 Å². The number of amides is 1. The van der Waals surface area contributed by atoms with Crippen molar-refractivity contribution in [1.29, 1.82) is 0 Å². The van der Waals surface area contributed by atoms with E-state index < -0.39 is 15.8 Å². The van der Waals surface area contributed by atoms with Gasteiger partial charge < -0.3 is 14.5 Å². The number of carbonyl (C=O) groups is 1. The zero-order valence-corrected chi connectivity index (χ0v) is 20.0. The fourth-order valence-electron chi connectivity index (χ4n) is 3.29. The summed E-state index contributed by atoms with van der Waals surface area (Å²) in [6, 6.07) is 6.83. The number of halogens is 3. The zero-order chi connectivity index (χ0) is 24.6. The summed E-state index contributed by atoms with van der Waals surface area (Å²) in [5, 5.41) is 2.60. The largest absolute Gasteiger partial charge is 0.480 e. The molecule has 1 amide bonds. The Morgan fingerprint density at radius 3 is 2.65 bits per heavy atom. The summed E-state index contributed by atoms with van der Waals surface area (Å²) in [5.41, 5.74) is 0.635. The Bertz CT molecular complexity index is 1540. The van der Waals surface area contributed by atoms with Crippen molar-refractivity contribution in [2.75, 3.05) is 18.9 Å². The molecule has 0 bridgehead atoms. The van der Waals surface area contributed by atoms with Crippen molar-refractivity contribution in [3.8, 4) is 17.0 Å². The van der Waals surface area contributed by atoms with Gasteiger partial charge in [-0.05, 0) is 24.3 Å². The number of carbonyl (C=O) groups excluding carboxylic acids is 1. The Kier molecular flexibility index (Phi) is 6.34. The quantitative estimate of drug-likeness (QED) is 0.394. The number of methoxy groups -OCH3 is 1. The molecule has 0 aliphatic rings. The van der Waals surface area contributed by atoms with E-state index in [0.29, 0.717) is 11.1 Å². The number of imidazole rings is 1. The maximum absolute atomic E-state index is 15.5. The average Bonchev–Trinajstić information content (AvgIpc) is 3.24. The average molecular weight is 524 g/mol. The van der Waals surface area contributed by atoms with Crippen LogP contribution in [0.2, 0.25) is 10.0 Å². The number of rotatable bonds is 6. The molecular formula is C21H16Cl2FN5O4S. The lowest BCUT2D eigenvalue weighted by atomic mass is 10.1. The second-order valence-corrected chi connectivity index (χ2v) is 9.43. The van der Waals surface area contributed by atoms with Crippen LogP contribution in [0.1, 0.15) is 10.5 Å². The normalized spacial score (nSPS) is 11.4. The lowest BCUT2D eigenvalue weighted by molar-refractivity contribution is 0.0960. The first-order valence-electron chi connectivity index (χ1n) is 9.55. The molecule has 4 rings (SSSR count). The molecule has 34 heavy (non-hydrogen) atoms. The molecule has 0 saturated heterocycles. The van der Waals surface area contributed by atoms with Crippen LogP contribution >= 0.6 is 23.2 Å². The number of anilines is 1. The van der Waals surface area contributed by atoms with Gasteiger partial charge in [-0.1, -0.05) is 29.3 Å². The molecular weight excluding hydrogens is 508 g/mol. The van der Waals surface area contributed by atoms with Gasteiger partial charge >= 0.3 is 0 Å². The van der Waals surface area contributed by atoms with Crippen LogP contribution in [0.3, 0.4) is 0 Å². The minimum atomic E-state index is -4.32. The molecule has 3 aromatic heterocycles. The summed E-state index contributed by atoms with van der Waals surface area (Å²) in [5.74, 6) is -1.48. The molecule has 0 unspecified atom stereocenters. The van der Waals surface area contributed by atoms with Gasteiger partial charge in [0.25, 0.3) is 15.9 Å². The second kappa shape index (κ2) is 9.09. The summed E-state index contributed by atoms with van der Waals surface area (Å²) in [6.45, 7) is 0. The van der Waals surface area contributed by atoms with Gasteiger partial charge in [0, 0.05) is 30.6 Å². The van der Waals surface area contributed by atoms with Crippen molar-refractivity contribution in [1.82, 2.24) is 19.7 Å². The summed E-state index contributed by atoms with van der Waals surface area (Å²) < 4.78 is 50.2. The van der Waals surface area contributed by atoms with E-state index in [0.717, 1.165) is 6.07 Å². The second-order valence-electron chi connectivity index (χ2n) is 6.93. The van der Waals surface area contributed by atoms with E-state index in [2.05, 4.69) is 20.0 Å². The monoisotopic (exact) mass is 523 g/mol. The van der Waals surface area contributed by atoms with Gasteiger partial charge in [-0.2, -0.15) is 0 Å². The molecule has 0 aliphatic carbocycles. The third-order valence-corrected chi connectivity index (χ3v) is 6.75. The fraction of sp³-hybridized carbons (Fsp3) is 0.0952. The smallest absolute Gasteiger partial charge is 0.271 e. The highest BCUT2D eigenvalue weighted by Gasteiger charge is 2.25. The first-order valence-corrected chi connectivity index (χ1v) is 11.8. The summed E-state index contributed by atoms with van der Waals surface area (Å²) in [7, 11) is -1.59. The Morgan fingerprint density at radius 1 is 1.18 bits per heavy atom. The van der Waals surface area contributed by atoms with Crippen LogP contribution in [0, 0.1) is 5.82 Å². The van der Waals surface area contributed by atoms with Gasteiger partial charge in [-0.3, -0.25) is 9.52 Å². The number of benzene rings is 1. The predicted molar refractivity (Wildman–Crippen MR) is 126 cm³/mol. The van der Waals surface area contributed by atoms with E-state index in [-0.39, 0.29) is 43.7 Å². The van der Waals surface area contributed by atoms with Crippen molar-refractivity contribution in [3.05, 3.63) is 70.6 Å². The Hall–Kier alpha value is -3.41. The lowest BCUT2D eigenvalue weighted by Gasteiger charge is -2.14. The first kappa shape index (κ1) is 23.7. The molecule has 4 aromatic rings. The molecule has 9 nitrogen and oxygen atoms in total. The molecule has 0 saturated carbocycles. The molecule has 2 N–H and O–H groups in total. The molecule has 176 valence electrons. The Balaban J connectivity index is 1.78. The van der Waals surface area contributed by atoms with Crippen molar-refractivity contribution in [2.45, 2.75) is 4.90 Å². The molecule has 3 heterocycles. The highest BCUT2D eigenvalue weighted by atomic mass is 35.5. The van der Waals surface area contributed by atoms with E-state index in [1.165, 1.54) is 49.4 Å². The zero-order valence-electron chi connectivity index (χ0n) is 17.6. The summed E-state index contributed by atoms with van der Waals surface area (Å²) >= 11 is 12.2. The molecule has 0 radical (unpaired) electrons. The van der Waals surface area contributed by atoms with E-state index >= 15 is 4.39 Å². The number of ether oxygens (including phenoxy) is 1. The maximum atomic E-state index is 15.5. The van der Waals surface area contributed by atoms with Crippen LogP contribution < -0.4 is 14.8 Å². The molecule has 0 atom stereocenters. The van der Waals surface area contributed by atoms with Gasteiger partial charge in [0.15, 0.2) is 16.4 Å². The topological polar surface area (TPSA) is 115 Å². The van der Waals surface area contributed by atoms with E-state index in [1.807, 2.05) is 0 Å². The van der Waals surface area contributed by atoms with Crippen LogP contribution in [0.5, 0.6) is 5.88 Å². The number of hydrogen-bond donors (Lipinski definition) is 2. The highest BCUT2D eigenvalue weighted by molar-refractivity contribution is 7.92. The van der Waals surface area contributed by atoms with Crippen molar-refractivity contribution in [3.63, 3.8) is 0 Å². The minimum absolute atomic E-state index is 0.0462. The van der Waals surface area contributed by atoms with E-state index in [1.54, 1.807) is 12.1 Å². The highest BCUT2D eigenvalue weighted by Crippen LogP contribution is 2.36. The lowest BCUT2D eigenvalue weighted by Crippen LogP contribution is -2.18. The molecule has 1 aromatic carbocycles. The minimum Gasteiger partial charge on any atom is -0.480 e.